The van der Waals surface area contributed by atoms with Gasteiger partial charge in [0.2, 0.25) is 16.0 Å². The van der Waals surface area contributed by atoms with Crippen LogP contribution in [0.15, 0.2) is 15.7 Å². The predicted molar refractivity (Wildman–Crippen MR) is 148 cm³/mol. The summed E-state index contributed by atoms with van der Waals surface area (Å²) in [6.07, 6.45) is 12.0. The van der Waals surface area contributed by atoms with Crippen molar-refractivity contribution in [2.24, 2.45) is 5.73 Å². The molecule has 1 aliphatic heterocycles. The lowest BCUT2D eigenvalue weighted by molar-refractivity contribution is 0.328. The largest absolute Gasteiger partial charge is 0.365 e. The fourth-order valence-corrected chi connectivity index (χ4v) is 8.14. The lowest BCUT2D eigenvalue weighted by atomic mass is 9.92. The van der Waals surface area contributed by atoms with Crippen LogP contribution in [0.4, 0.5) is 11.8 Å². The molecule has 3 fully saturated rings. The van der Waals surface area contributed by atoms with Gasteiger partial charge in [-0.2, -0.15) is 14.3 Å². The zero-order valence-corrected chi connectivity index (χ0v) is 23.6. The van der Waals surface area contributed by atoms with E-state index in [0.717, 1.165) is 49.7 Å². The molecule has 0 atom stereocenters. The Kier molecular flexibility index (Phi) is 7.23. The Morgan fingerprint density at radius 2 is 1.64 bits per heavy atom. The first-order valence-electron chi connectivity index (χ1n) is 14.3. The van der Waals surface area contributed by atoms with Gasteiger partial charge in [0.25, 0.3) is 0 Å². The molecule has 3 aliphatic rings. The fraction of sp³-hybridized carbons (Fsp3) is 0.692. The van der Waals surface area contributed by atoms with Gasteiger partial charge in [-0.1, -0.05) is 18.0 Å². The molecule has 1 saturated heterocycles. The van der Waals surface area contributed by atoms with Crippen molar-refractivity contribution in [2.75, 3.05) is 23.7 Å². The standard InChI is InChI=1S/C26H39N9O3S/c1-16-23(17(2)38-33-16)39(36,37)34-13-11-20(12-14-34)29-24-22-25(35(15-28-22)21-5-3-4-6-21)32-26(31-24)30-19-9-7-18(27)8-10-19/h15,18-21H,3-14,27H2,1-2H3,(H2,29,30,31,32)/t18-,19-. The van der Waals surface area contributed by atoms with Crippen LogP contribution in [0.2, 0.25) is 0 Å². The molecule has 0 aromatic carbocycles. The summed E-state index contributed by atoms with van der Waals surface area (Å²) in [5.41, 5.74) is 8.14. The minimum absolute atomic E-state index is 0.0661. The molecule has 0 spiro atoms. The zero-order valence-electron chi connectivity index (χ0n) is 22.8. The first kappa shape index (κ1) is 26.5. The van der Waals surface area contributed by atoms with E-state index in [1.54, 1.807) is 13.8 Å². The number of aromatic nitrogens is 5. The van der Waals surface area contributed by atoms with Crippen LogP contribution in [-0.2, 0) is 10.0 Å². The van der Waals surface area contributed by atoms with Crippen LogP contribution in [0, 0.1) is 13.8 Å². The van der Waals surface area contributed by atoms with E-state index in [4.69, 9.17) is 25.2 Å². The Balaban J connectivity index is 1.22. The Morgan fingerprint density at radius 1 is 0.949 bits per heavy atom. The maximum absolute atomic E-state index is 13.3. The van der Waals surface area contributed by atoms with Gasteiger partial charge in [0, 0.05) is 37.3 Å². The van der Waals surface area contributed by atoms with Crippen molar-refractivity contribution in [1.29, 1.82) is 0 Å². The van der Waals surface area contributed by atoms with E-state index in [1.807, 2.05) is 6.33 Å². The molecule has 0 amide bonds. The topological polar surface area (TPSA) is 157 Å². The van der Waals surface area contributed by atoms with Crippen molar-refractivity contribution < 1.29 is 12.9 Å². The molecule has 2 aliphatic carbocycles. The Morgan fingerprint density at radius 3 is 2.31 bits per heavy atom. The third kappa shape index (κ3) is 5.23. The fourth-order valence-electron chi connectivity index (χ4n) is 6.38. The first-order valence-corrected chi connectivity index (χ1v) is 15.7. The van der Waals surface area contributed by atoms with Crippen LogP contribution < -0.4 is 16.4 Å². The summed E-state index contributed by atoms with van der Waals surface area (Å²) in [4.78, 5) is 14.8. The molecule has 212 valence electrons. The molecular weight excluding hydrogens is 518 g/mol. The second-order valence-corrected chi connectivity index (χ2v) is 13.3. The van der Waals surface area contributed by atoms with Crippen LogP contribution in [0.3, 0.4) is 0 Å². The van der Waals surface area contributed by atoms with Gasteiger partial charge in [0.1, 0.15) is 10.6 Å². The van der Waals surface area contributed by atoms with Gasteiger partial charge in [-0.05, 0) is 65.2 Å². The van der Waals surface area contributed by atoms with Gasteiger partial charge < -0.3 is 25.5 Å². The Bertz CT molecular complexity index is 1390. The normalized spacial score (nSPS) is 24.0. The number of nitrogens with one attached hydrogen (secondary N) is 2. The second-order valence-electron chi connectivity index (χ2n) is 11.4. The van der Waals surface area contributed by atoms with Crippen LogP contribution >= 0.6 is 0 Å². The van der Waals surface area contributed by atoms with Crippen molar-refractivity contribution >= 4 is 33.0 Å². The number of aryl methyl sites for hydroxylation is 2. The molecule has 3 aromatic rings. The number of hydrogen-bond acceptors (Lipinski definition) is 10. The van der Waals surface area contributed by atoms with Gasteiger partial charge in [-0.3, -0.25) is 0 Å². The van der Waals surface area contributed by atoms with Crippen LogP contribution in [0.5, 0.6) is 0 Å². The SMILES string of the molecule is Cc1noc(C)c1S(=O)(=O)N1CCC(Nc2nc(N[C@H]3CC[C@H](N)CC3)nc3c2ncn3C2CCCC2)CC1. The first-order chi connectivity index (χ1) is 18.8. The van der Waals surface area contributed by atoms with Gasteiger partial charge in [-0.25, -0.2) is 13.4 Å². The quantitative estimate of drug-likeness (QED) is 0.393. The molecule has 3 aromatic heterocycles. The van der Waals surface area contributed by atoms with Crippen LogP contribution in [0.1, 0.15) is 81.7 Å². The highest BCUT2D eigenvalue weighted by Crippen LogP contribution is 2.34. The molecule has 12 nitrogen and oxygen atoms in total. The molecule has 4 N–H and O–H groups in total. The van der Waals surface area contributed by atoms with Crippen LogP contribution in [-0.4, -0.2) is 68.6 Å². The molecule has 0 unspecified atom stereocenters. The molecule has 0 bridgehead atoms. The van der Waals surface area contributed by atoms with E-state index in [2.05, 4.69) is 20.4 Å². The highest BCUT2D eigenvalue weighted by atomic mass is 32.2. The van der Waals surface area contributed by atoms with Gasteiger partial charge in [0.05, 0.1) is 6.33 Å². The minimum Gasteiger partial charge on any atom is -0.365 e. The number of hydrogen-bond donors (Lipinski definition) is 3. The summed E-state index contributed by atoms with van der Waals surface area (Å²) in [5, 5.41) is 11.0. The second kappa shape index (κ2) is 10.7. The maximum atomic E-state index is 13.3. The van der Waals surface area contributed by atoms with E-state index in [9.17, 15) is 8.42 Å². The predicted octanol–water partition coefficient (Wildman–Crippen LogP) is 3.49. The average Bonchev–Trinajstić information content (AvgIpc) is 3.66. The molecule has 39 heavy (non-hydrogen) atoms. The minimum atomic E-state index is -3.66. The van der Waals surface area contributed by atoms with Gasteiger partial charge in [-0.15, -0.1) is 0 Å². The number of anilines is 2. The smallest absolute Gasteiger partial charge is 0.248 e. The third-order valence-electron chi connectivity index (χ3n) is 8.61. The molecule has 2 saturated carbocycles. The summed E-state index contributed by atoms with van der Waals surface area (Å²) >= 11 is 0. The number of fused-ring (bicyclic) bond motifs is 1. The molecular formula is C26H39N9O3S. The number of piperidine rings is 1. The summed E-state index contributed by atoms with van der Waals surface area (Å²) in [7, 11) is -3.66. The van der Waals surface area contributed by atoms with Crippen molar-refractivity contribution in [3.63, 3.8) is 0 Å². The third-order valence-corrected chi connectivity index (χ3v) is 10.7. The average molecular weight is 558 g/mol. The molecule has 0 radical (unpaired) electrons. The molecule has 13 heteroatoms. The Hall–Kier alpha value is -2.77. The number of rotatable bonds is 7. The molecule has 6 rings (SSSR count). The van der Waals surface area contributed by atoms with E-state index in [-0.39, 0.29) is 17.0 Å². The van der Waals surface area contributed by atoms with Crippen LogP contribution in [0.25, 0.3) is 11.2 Å². The van der Waals surface area contributed by atoms with E-state index in [1.165, 1.54) is 17.1 Å². The van der Waals surface area contributed by atoms with Gasteiger partial charge >= 0.3 is 0 Å². The number of nitrogens with zero attached hydrogens (tertiary/aromatic N) is 6. The lowest BCUT2D eigenvalue weighted by Gasteiger charge is -2.32. The zero-order chi connectivity index (χ0) is 27.1. The number of nitrogens with two attached hydrogens (primary N) is 1. The number of imidazole rings is 1. The van der Waals surface area contributed by atoms with Crippen molar-refractivity contribution in [3.8, 4) is 0 Å². The summed E-state index contributed by atoms with van der Waals surface area (Å²) < 4.78 is 35.4. The monoisotopic (exact) mass is 557 g/mol. The summed E-state index contributed by atoms with van der Waals surface area (Å²) in [5.74, 6) is 1.65. The summed E-state index contributed by atoms with van der Waals surface area (Å²) in [6.45, 7) is 4.11. The molecule has 4 heterocycles. The van der Waals surface area contributed by atoms with E-state index in [0.29, 0.717) is 61.2 Å². The van der Waals surface area contributed by atoms with E-state index >= 15 is 0 Å². The lowest BCUT2D eigenvalue weighted by Crippen LogP contribution is -2.42. The van der Waals surface area contributed by atoms with Crippen molar-refractivity contribution in [2.45, 2.75) is 107 Å². The van der Waals surface area contributed by atoms with Gasteiger partial charge in [0.15, 0.2) is 22.7 Å². The maximum Gasteiger partial charge on any atom is 0.248 e. The Labute approximate surface area is 229 Å². The number of sulfonamides is 1. The highest BCUT2D eigenvalue weighted by molar-refractivity contribution is 7.89. The van der Waals surface area contributed by atoms with Crippen molar-refractivity contribution in [1.82, 2.24) is 29.0 Å². The highest BCUT2D eigenvalue weighted by Gasteiger charge is 2.34. The van der Waals surface area contributed by atoms with Crippen molar-refractivity contribution in [3.05, 3.63) is 17.8 Å². The van der Waals surface area contributed by atoms with E-state index < -0.39 is 10.0 Å². The summed E-state index contributed by atoms with van der Waals surface area (Å²) in [6, 6.07) is 1.06.